The van der Waals surface area contributed by atoms with Crippen molar-refractivity contribution in [2.45, 2.75) is 19.1 Å². The molecule has 0 bridgehead atoms. The summed E-state index contributed by atoms with van der Waals surface area (Å²) in [6.07, 6.45) is -0.846. The van der Waals surface area contributed by atoms with E-state index >= 15 is 0 Å². The number of carbonyl (C=O) groups excluding carboxylic acids is 1. The number of nitrogens with one attached hydrogen (secondary N) is 1. The third-order valence-corrected chi connectivity index (χ3v) is 2.22. The second-order valence-electron chi connectivity index (χ2n) is 3.66. The molecule has 0 aliphatic carbocycles. The Hall–Kier alpha value is -2.08. The van der Waals surface area contributed by atoms with Gasteiger partial charge in [-0.15, -0.1) is 0 Å². The molecule has 2 atom stereocenters. The van der Waals surface area contributed by atoms with Crippen molar-refractivity contribution >= 4 is 11.9 Å². The number of rotatable bonds is 6. The van der Waals surface area contributed by atoms with Gasteiger partial charge in [-0.1, -0.05) is 18.2 Å². The normalized spacial score (nSPS) is 13.4. The van der Waals surface area contributed by atoms with E-state index in [1.807, 2.05) is 6.07 Å². The summed E-state index contributed by atoms with van der Waals surface area (Å²) >= 11 is 0. The number of amides is 1. The predicted molar refractivity (Wildman–Crippen MR) is 63.2 cm³/mol. The maximum atomic E-state index is 11.6. The Kier molecular flexibility index (Phi) is 5.13. The lowest BCUT2D eigenvalue weighted by Crippen LogP contribution is -2.48. The van der Waals surface area contributed by atoms with Gasteiger partial charge in [0, 0.05) is 0 Å². The number of hydrogen-bond acceptors (Lipinski definition) is 4. The lowest BCUT2D eigenvalue weighted by molar-refractivity contribution is -0.144. The highest BCUT2D eigenvalue weighted by atomic mass is 16.5. The van der Waals surface area contributed by atoms with Crippen molar-refractivity contribution in [1.82, 2.24) is 5.32 Å². The van der Waals surface area contributed by atoms with Crippen LogP contribution >= 0.6 is 0 Å². The van der Waals surface area contributed by atoms with Crippen LogP contribution in [-0.4, -0.2) is 40.8 Å². The topological polar surface area (TPSA) is 95.9 Å². The van der Waals surface area contributed by atoms with E-state index in [0.29, 0.717) is 5.75 Å². The summed E-state index contributed by atoms with van der Waals surface area (Å²) < 4.78 is 5.31. The molecule has 1 aromatic carbocycles. The van der Waals surface area contributed by atoms with Crippen LogP contribution in [0.5, 0.6) is 5.75 Å². The Morgan fingerprint density at radius 1 is 1.33 bits per heavy atom. The molecule has 0 spiro atoms. The molecule has 6 nitrogen and oxygen atoms in total. The molecule has 0 aromatic heterocycles. The van der Waals surface area contributed by atoms with Crippen LogP contribution in [0.1, 0.15) is 6.92 Å². The number of carbonyl (C=O) groups is 2. The second kappa shape index (κ2) is 6.61. The van der Waals surface area contributed by atoms with Crippen molar-refractivity contribution in [2.75, 3.05) is 6.61 Å². The average molecular weight is 253 g/mol. The van der Waals surface area contributed by atoms with E-state index in [1.54, 1.807) is 24.3 Å². The quantitative estimate of drug-likeness (QED) is 0.664. The van der Waals surface area contributed by atoms with Crippen molar-refractivity contribution in [3.05, 3.63) is 30.3 Å². The number of hydrogen-bond donors (Lipinski definition) is 3. The molecule has 0 saturated heterocycles. The van der Waals surface area contributed by atoms with E-state index in [2.05, 4.69) is 5.32 Å². The van der Waals surface area contributed by atoms with E-state index in [4.69, 9.17) is 14.9 Å². The molecule has 1 amide bonds. The number of aliphatic hydroxyl groups is 1. The zero-order valence-corrected chi connectivity index (χ0v) is 9.87. The molecule has 0 aliphatic heterocycles. The summed E-state index contributed by atoms with van der Waals surface area (Å²) in [7, 11) is 0. The fraction of sp³-hybridized carbons (Fsp3) is 0.333. The minimum absolute atomic E-state index is 0.510. The Bertz CT molecular complexity index is 406. The summed E-state index contributed by atoms with van der Waals surface area (Å²) in [5.41, 5.74) is 0. The molecule has 0 saturated carbocycles. The second-order valence-corrected chi connectivity index (χ2v) is 3.66. The summed E-state index contributed by atoms with van der Waals surface area (Å²) in [6.45, 7) is 0.831. The van der Waals surface area contributed by atoms with Gasteiger partial charge in [0.25, 0.3) is 5.91 Å². The largest absolute Gasteiger partial charge is 0.481 e. The molecule has 0 radical (unpaired) electrons. The van der Waals surface area contributed by atoms with Gasteiger partial charge >= 0.3 is 5.97 Å². The zero-order chi connectivity index (χ0) is 13.5. The van der Waals surface area contributed by atoms with Gasteiger partial charge in [-0.3, -0.25) is 4.79 Å². The predicted octanol–water partition coefficient (Wildman–Crippen LogP) is 0.0156. The first-order chi connectivity index (χ1) is 8.54. The number of carboxylic acid groups (broad SMARTS) is 1. The Morgan fingerprint density at radius 2 is 1.94 bits per heavy atom. The fourth-order valence-corrected chi connectivity index (χ4v) is 1.23. The van der Waals surface area contributed by atoms with Gasteiger partial charge in [0.15, 0.2) is 6.10 Å². The molecule has 0 heterocycles. The van der Waals surface area contributed by atoms with Crippen LogP contribution in [0, 0.1) is 0 Å². The minimum Gasteiger partial charge on any atom is -0.481 e. The number of para-hydroxylation sites is 1. The lowest BCUT2D eigenvalue weighted by atomic mass is 10.2. The monoisotopic (exact) mass is 253 g/mol. The van der Waals surface area contributed by atoms with Gasteiger partial charge in [0.05, 0.1) is 6.61 Å². The van der Waals surface area contributed by atoms with E-state index < -0.39 is 30.6 Å². The molecule has 2 unspecified atom stereocenters. The molecule has 1 rings (SSSR count). The lowest BCUT2D eigenvalue weighted by Gasteiger charge is -2.17. The van der Waals surface area contributed by atoms with Crippen molar-refractivity contribution < 1.29 is 24.5 Å². The third-order valence-electron chi connectivity index (χ3n) is 2.22. The number of benzene rings is 1. The van der Waals surface area contributed by atoms with Crippen molar-refractivity contribution in [1.29, 1.82) is 0 Å². The molecule has 1 aromatic rings. The average Bonchev–Trinajstić information content (AvgIpc) is 2.36. The van der Waals surface area contributed by atoms with E-state index in [9.17, 15) is 9.59 Å². The molecule has 18 heavy (non-hydrogen) atoms. The minimum atomic E-state index is -1.32. The van der Waals surface area contributed by atoms with Gasteiger partial charge in [0.2, 0.25) is 0 Å². The number of aliphatic hydroxyl groups excluding tert-OH is 1. The summed E-state index contributed by atoms with van der Waals surface area (Å²) in [5.74, 6) is -1.38. The molecule has 0 aliphatic rings. The van der Waals surface area contributed by atoms with Gasteiger partial charge in [-0.2, -0.15) is 0 Å². The molecular weight excluding hydrogens is 238 g/mol. The molecule has 3 N–H and O–H groups in total. The smallest absolute Gasteiger partial charge is 0.328 e. The van der Waals surface area contributed by atoms with Crippen molar-refractivity contribution in [3.63, 3.8) is 0 Å². The SMILES string of the molecule is CC(Oc1ccccc1)C(=O)NC(CO)C(=O)O. The van der Waals surface area contributed by atoms with E-state index in [-0.39, 0.29) is 0 Å². The zero-order valence-electron chi connectivity index (χ0n) is 9.87. The Morgan fingerprint density at radius 3 is 2.44 bits per heavy atom. The Labute approximate surface area is 104 Å². The number of aliphatic carboxylic acids is 1. The van der Waals surface area contributed by atoms with Gasteiger partial charge in [-0.05, 0) is 19.1 Å². The van der Waals surface area contributed by atoms with Crippen LogP contribution in [0.3, 0.4) is 0 Å². The number of ether oxygens (including phenoxy) is 1. The van der Waals surface area contributed by atoms with Crippen LogP contribution in [0.25, 0.3) is 0 Å². The Balaban J connectivity index is 2.54. The third kappa shape index (κ3) is 4.06. The molecule has 6 heteroatoms. The first-order valence-corrected chi connectivity index (χ1v) is 5.40. The van der Waals surface area contributed by atoms with E-state index in [1.165, 1.54) is 6.92 Å². The summed E-state index contributed by atoms with van der Waals surface area (Å²) in [4.78, 5) is 22.2. The highest BCUT2D eigenvalue weighted by Gasteiger charge is 2.22. The highest BCUT2D eigenvalue weighted by molar-refractivity contribution is 5.86. The standard InChI is InChI=1S/C12H15NO5/c1-8(18-9-5-3-2-4-6-9)11(15)13-10(7-14)12(16)17/h2-6,8,10,14H,7H2,1H3,(H,13,15)(H,16,17). The maximum absolute atomic E-state index is 11.6. The van der Waals surface area contributed by atoms with Gasteiger partial charge in [-0.25, -0.2) is 4.79 Å². The van der Waals surface area contributed by atoms with Gasteiger partial charge in [0.1, 0.15) is 11.8 Å². The highest BCUT2D eigenvalue weighted by Crippen LogP contribution is 2.10. The molecule has 98 valence electrons. The summed E-state index contributed by atoms with van der Waals surface area (Å²) in [6, 6.07) is 7.37. The van der Waals surface area contributed by atoms with Crippen LogP contribution in [0.2, 0.25) is 0 Å². The van der Waals surface area contributed by atoms with Crippen molar-refractivity contribution in [3.8, 4) is 5.75 Å². The molecular formula is C12H15NO5. The molecule has 0 fully saturated rings. The van der Waals surface area contributed by atoms with Gasteiger partial charge < -0.3 is 20.3 Å². The van der Waals surface area contributed by atoms with Crippen molar-refractivity contribution in [2.24, 2.45) is 0 Å². The maximum Gasteiger partial charge on any atom is 0.328 e. The van der Waals surface area contributed by atoms with Crippen LogP contribution in [0.15, 0.2) is 30.3 Å². The van der Waals surface area contributed by atoms with E-state index in [0.717, 1.165) is 0 Å². The first-order valence-electron chi connectivity index (χ1n) is 5.40. The fourth-order valence-electron chi connectivity index (χ4n) is 1.23. The number of carboxylic acids is 1. The van der Waals surface area contributed by atoms with Crippen LogP contribution in [-0.2, 0) is 9.59 Å². The van der Waals surface area contributed by atoms with Crippen LogP contribution in [0.4, 0.5) is 0 Å². The van der Waals surface area contributed by atoms with Crippen LogP contribution < -0.4 is 10.1 Å². The first kappa shape index (κ1) is 14.0. The summed E-state index contributed by atoms with van der Waals surface area (Å²) in [5, 5.41) is 19.6.